The van der Waals surface area contributed by atoms with Crippen LogP contribution in [0.25, 0.3) is 0 Å². The molecule has 0 bridgehead atoms. The number of aryl methyl sites for hydroxylation is 1. The molecule has 1 aliphatic rings. The molecule has 1 aromatic carbocycles. The first-order valence-corrected chi connectivity index (χ1v) is 6.90. The third kappa shape index (κ3) is 3.37. The van der Waals surface area contributed by atoms with E-state index < -0.39 is 0 Å². The van der Waals surface area contributed by atoms with Crippen LogP contribution < -0.4 is 0 Å². The van der Waals surface area contributed by atoms with Crippen LogP contribution in [-0.4, -0.2) is 0 Å². The summed E-state index contributed by atoms with van der Waals surface area (Å²) >= 11 is 1.80. The van der Waals surface area contributed by atoms with Crippen LogP contribution in [-0.2, 0) is 6.42 Å². The highest BCUT2D eigenvalue weighted by Gasteiger charge is 2.12. The molecule has 0 unspecified atom stereocenters. The fraction of sp³-hybridized carbons (Fsp3) is 0.250. The van der Waals surface area contributed by atoms with Gasteiger partial charge < -0.3 is 0 Å². The van der Waals surface area contributed by atoms with Crippen molar-refractivity contribution in [1.82, 2.24) is 0 Å². The molecule has 17 heavy (non-hydrogen) atoms. The molecule has 0 atom stereocenters. The number of allylic oxidation sites excluding steroid dienone is 3. The third-order valence-corrected chi connectivity index (χ3v) is 3.87. The lowest BCUT2D eigenvalue weighted by Gasteiger charge is -2.04. The van der Waals surface area contributed by atoms with E-state index in [2.05, 4.69) is 37.4 Å². The molecule has 2 rings (SSSR count). The smallest absolute Gasteiger partial charge is 0.0154 e. The molecule has 0 amide bonds. The van der Waals surface area contributed by atoms with Crippen LogP contribution in [0.3, 0.4) is 0 Å². The van der Waals surface area contributed by atoms with Gasteiger partial charge in [0, 0.05) is 9.80 Å². The Morgan fingerprint density at radius 2 is 1.76 bits per heavy atom. The molecular formula is C16H20S. The largest absolute Gasteiger partial charge is 0.0988 e. The van der Waals surface area contributed by atoms with Gasteiger partial charge >= 0.3 is 0 Å². The molecule has 1 heteroatoms. The summed E-state index contributed by atoms with van der Waals surface area (Å²) in [6.45, 7) is 11.7. The summed E-state index contributed by atoms with van der Waals surface area (Å²) in [4.78, 5) is 2.60. The van der Waals surface area contributed by atoms with E-state index in [1.807, 2.05) is 26.0 Å². The Balaban J connectivity index is 0.000000686. The van der Waals surface area contributed by atoms with Gasteiger partial charge in [-0.15, -0.1) is 0 Å². The lowest BCUT2D eigenvalue weighted by molar-refractivity contribution is 0.946. The average Bonchev–Trinajstić information content (AvgIpc) is 2.59. The van der Waals surface area contributed by atoms with E-state index in [9.17, 15) is 0 Å². The lowest BCUT2D eigenvalue weighted by Crippen LogP contribution is -1.86. The van der Waals surface area contributed by atoms with E-state index >= 15 is 0 Å². The van der Waals surface area contributed by atoms with Gasteiger partial charge in [0.25, 0.3) is 0 Å². The summed E-state index contributed by atoms with van der Waals surface area (Å²) in [5.74, 6) is 0. The number of fused-ring (bicyclic) bond motifs is 1. The van der Waals surface area contributed by atoms with Crippen molar-refractivity contribution in [1.29, 1.82) is 0 Å². The first-order chi connectivity index (χ1) is 8.35. The molecule has 0 aromatic heterocycles. The van der Waals surface area contributed by atoms with Crippen LogP contribution in [0.5, 0.6) is 0 Å². The minimum absolute atomic E-state index is 1.06. The summed E-state index contributed by atoms with van der Waals surface area (Å²) in [6.07, 6.45) is 6.05. The fourth-order valence-corrected chi connectivity index (χ4v) is 2.85. The first-order valence-electron chi connectivity index (χ1n) is 6.09. The topological polar surface area (TPSA) is 0 Å². The van der Waals surface area contributed by atoms with E-state index in [1.54, 1.807) is 11.8 Å². The average molecular weight is 244 g/mol. The number of benzene rings is 1. The van der Waals surface area contributed by atoms with Crippen LogP contribution in [0.4, 0.5) is 0 Å². The first kappa shape index (κ1) is 13.9. The second-order valence-corrected chi connectivity index (χ2v) is 4.59. The van der Waals surface area contributed by atoms with Gasteiger partial charge in [-0.2, -0.15) is 0 Å². The zero-order chi connectivity index (χ0) is 12.7. The Morgan fingerprint density at radius 1 is 1.06 bits per heavy atom. The summed E-state index contributed by atoms with van der Waals surface area (Å²) in [6, 6.07) is 8.57. The molecule has 1 aliphatic heterocycles. The van der Waals surface area contributed by atoms with Crippen LogP contribution in [0.1, 0.15) is 25.8 Å². The zero-order valence-corrected chi connectivity index (χ0v) is 11.5. The van der Waals surface area contributed by atoms with Crippen molar-refractivity contribution in [3.05, 3.63) is 65.6 Å². The number of thioether (sulfide) groups is 1. The van der Waals surface area contributed by atoms with Gasteiger partial charge in [0.2, 0.25) is 0 Å². The van der Waals surface area contributed by atoms with Crippen molar-refractivity contribution >= 4 is 11.8 Å². The van der Waals surface area contributed by atoms with Crippen LogP contribution >= 0.6 is 11.8 Å². The van der Waals surface area contributed by atoms with Crippen molar-refractivity contribution in [2.45, 2.75) is 31.6 Å². The Bertz CT molecular complexity index is 427. The molecule has 1 aromatic rings. The monoisotopic (exact) mass is 244 g/mol. The number of hydrogen-bond donors (Lipinski definition) is 0. The summed E-state index contributed by atoms with van der Waals surface area (Å²) in [5.41, 5.74) is 2.74. The molecule has 0 radical (unpaired) electrons. The number of hydrogen-bond acceptors (Lipinski definition) is 1. The van der Waals surface area contributed by atoms with Gasteiger partial charge in [-0.3, -0.25) is 0 Å². The minimum atomic E-state index is 1.06. The molecule has 0 N–H and O–H groups in total. The maximum absolute atomic E-state index is 3.87. The fourth-order valence-electron chi connectivity index (χ4n) is 1.76. The SMILES string of the molecule is C=CC1=C(C=C)Sc2ccccc2CC1.CC. The van der Waals surface area contributed by atoms with Gasteiger partial charge in [0.05, 0.1) is 0 Å². The Labute approximate surface area is 109 Å². The van der Waals surface area contributed by atoms with Crippen molar-refractivity contribution < 1.29 is 0 Å². The van der Waals surface area contributed by atoms with Gasteiger partial charge in [0.15, 0.2) is 0 Å². The summed E-state index contributed by atoms with van der Waals surface area (Å²) in [7, 11) is 0. The Kier molecular flexibility index (Phi) is 5.85. The highest BCUT2D eigenvalue weighted by atomic mass is 32.2. The predicted octanol–water partition coefficient (Wildman–Crippen LogP) is 5.38. The van der Waals surface area contributed by atoms with E-state index in [4.69, 9.17) is 0 Å². The highest BCUT2D eigenvalue weighted by Crippen LogP contribution is 2.37. The molecule has 90 valence electrons. The van der Waals surface area contributed by atoms with E-state index in [-0.39, 0.29) is 0 Å². The predicted molar refractivity (Wildman–Crippen MR) is 79.4 cm³/mol. The molecule has 0 aliphatic carbocycles. The normalized spacial score (nSPS) is 14.0. The summed E-state index contributed by atoms with van der Waals surface area (Å²) < 4.78 is 0. The van der Waals surface area contributed by atoms with Crippen molar-refractivity contribution in [2.75, 3.05) is 0 Å². The second kappa shape index (κ2) is 7.18. The lowest BCUT2D eigenvalue weighted by atomic mass is 10.0. The molecule has 0 nitrogen and oxygen atoms in total. The standard InChI is InChI=1S/C14H14S.C2H6/c1-3-11-9-10-12-7-5-6-8-14(12)15-13(11)4-2;1-2/h3-8H,1-2,9-10H2;1-2H3. The van der Waals surface area contributed by atoms with Gasteiger partial charge in [-0.1, -0.05) is 69.1 Å². The Morgan fingerprint density at radius 3 is 2.41 bits per heavy atom. The van der Waals surface area contributed by atoms with Gasteiger partial charge in [0.1, 0.15) is 0 Å². The van der Waals surface area contributed by atoms with Gasteiger partial charge in [-0.25, -0.2) is 0 Å². The highest BCUT2D eigenvalue weighted by molar-refractivity contribution is 8.03. The maximum Gasteiger partial charge on any atom is 0.0154 e. The van der Waals surface area contributed by atoms with Crippen molar-refractivity contribution in [2.24, 2.45) is 0 Å². The quantitative estimate of drug-likeness (QED) is 0.673. The van der Waals surface area contributed by atoms with Gasteiger partial charge in [-0.05, 0) is 30.0 Å². The van der Waals surface area contributed by atoms with E-state index in [1.165, 1.54) is 20.9 Å². The van der Waals surface area contributed by atoms with Crippen molar-refractivity contribution in [3.63, 3.8) is 0 Å². The molecule has 0 fully saturated rings. The zero-order valence-electron chi connectivity index (χ0n) is 10.7. The minimum Gasteiger partial charge on any atom is -0.0988 e. The van der Waals surface area contributed by atoms with Crippen LogP contribution in [0.15, 0.2) is 64.9 Å². The third-order valence-electron chi connectivity index (χ3n) is 2.60. The molecule has 0 saturated carbocycles. The molecule has 1 heterocycles. The maximum atomic E-state index is 3.87. The second-order valence-electron chi connectivity index (χ2n) is 3.51. The van der Waals surface area contributed by atoms with Crippen molar-refractivity contribution in [3.8, 4) is 0 Å². The number of rotatable bonds is 2. The molecular weight excluding hydrogens is 224 g/mol. The van der Waals surface area contributed by atoms with Crippen LogP contribution in [0, 0.1) is 0 Å². The molecule has 0 spiro atoms. The summed E-state index contributed by atoms with van der Waals surface area (Å²) in [5, 5.41) is 0. The van der Waals surface area contributed by atoms with E-state index in [0.717, 1.165) is 12.8 Å². The molecule has 0 saturated heterocycles. The van der Waals surface area contributed by atoms with Crippen LogP contribution in [0.2, 0.25) is 0 Å². The van der Waals surface area contributed by atoms with E-state index in [0.29, 0.717) is 0 Å². The Hall–Kier alpha value is -1.21.